The fraction of sp³-hybridized carbons (Fsp3) is 0.692. The maximum Gasteiger partial charge on any atom is 0.413 e. The van der Waals surface area contributed by atoms with E-state index in [0.717, 1.165) is 0 Å². The molecule has 126 valence electrons. The third kappa shape index (κ3) is 7.41. The molecular weight excluding hydrogens is 308 g/mol. The van der Waals surface area contributed by atoms with Gasteiger partial charge in [-0.1, -0.05) is 0 Å². The number of rotatable bonds is 6. The molecule has 0 spiro atoms. The molecule has 1 aromatic heterocycles. The van der Waals surface area contributed by atoms with Crippen molar-refractivity contribution < 1.29 is 17.9 Å². The van der Waals surface area contributed by atoms with E-state index in [4.69, 9.17) is 4.74 Å². The Balaban J connectivity index is 2.57. The van der Waals surface area contributed by atoms with Crippen LogP contribution >= 0.6 is 0 Å². The molecule has 0 fully saturated rings. The molecule has 0 saturated carbocycles. The topological polar surface area (TPSA) is 113 Å². The summed E-state index contributed by atoms with van der Waals surface area (Å²) >= 11 is 0. The van der Waals surface area contributed by atoms with Crippen molar-refractivity contribution in [1.82, 2.24) is 15.5 Å². The molecule has 0 radical (unpaired) electrons. The van der Waals surface area contributed by atoms with Crippen molar-refractivity contribution >= 4 is 21.7 Å². The summed E-state index contributed by atoms with van der Waals surface area (Å²) in [5.74, 6) is 0.466. The number of nitrogens with one attached hydrogen (secondary N) is 3. The lowest BCUT2D eigenvalue weighted by atomic mass is 10.2. The first-order valence-electron chi connectivity index (χ1n) is 6.89. The highest BCUT2D eigenvalue weighted by molar-refractivity contribution is 7.90. The van der Waals surface area contributed by atoms with E-state index in [0.29, 0.717) is 17.9 Å². The van der Waals surface area contributed by atoms with E-state index in [1.807, 2.05) is 0 Å². The van der Waals surface area contributed by atoms with E-state index in [9.17, 15) is 13.2 Å². The van der Waals surface area contributed by atoms with Crippen molar-refractivity contribution in [3.63, 3.8) is 0 Å². The van der Waals surface area contributed by atoms with Gasteiger partial charge in [-0.2, -0.15) is 5.10 Å². The molecule has 1 amide bonds. The highest BCUT2D eigenvalue weighted by atomic mass is 32.2. The van der Waals surface area contributed by atoms with E-state index < -0.39 is 21.5 Å². The van der Waals surface area contributed by atoms with Crippen LogP contribution in [0.2, 0.25) is 0 Å². The zero-order chi connectivity index (χ0) is 17.0. The Hall–Kier alpha value is -1.61. The van der Waals surface area contributed by atoms with Crippen molar-refractivity contribution in [2.24, 2.45) is 0 Å². The summed E-state index contributed by atoms with van der Waals surface area (Å²) in [6.07, 6.45) is 2.17. The molecule has 1 heterocycles. The Kier molecular flexibility index (Phi) is 5.95. The minimum absolute atomic E-state index is 0.0413. The molecule has 0 aliphatic carbocycles. The van der Waals surface area contributed by atoms with Crippen LogP contribution in [0.1, 0.15) is 33.3 Å². The number of hydrogen-bond donors (Lipinski definition) is 3. The molecule has 0 aromatic carbocycles. The molecule has 1 rings (SSSR count). The minimum atomic E-state index is -3.04. The number of ether oxygens (including phenoxy) is 1. The van der Waals surface area contributed by atoms with Crippen LogP contribution in [0.15, 0.2) is 6.20 Å². The fourth-order valence-corrected chi connectivity index (χ4v) is 2.78. The summed E-state index contributed by atoms with van der Waals surface area (Å²) < 4.78 is 27.6. The molecule has 1 unspecified atom stereocenters. The predicted molar refractivity (Wildman–Crippen MR) is 84.5 cm³/mol. The number of aromatic amines is 1. The molecule has 1 atom stereocenters. The number of carbonyl (C=O) groups excluding carboxylic acids is 1. The van der Waals surface area contributed by atoms with Crippen molar-refractivity contribution in [2.75, 3.05) is 17.3 Å². The van der Waals surface area contributed by atoms with E-state index in [1.54, 1.807) is 33.9 Å². The molecule has 3 N–H and O–H groups in total. The van der Waals surface area contributed by atoms with Crippen LogP contribution in [0.3, 0.4) is 0 Å². The average molecular weight is 332 g/mol. The Bertz CT molecular complexity index is 604. The zero-order valence-electron chi connectivity index (χ0n) is 13.6. The normalized spacial score (nSPS) is 13.7. The van der Waals surface area contributed by atoms with E-state index in [1.165, 1.54) is 6.26 Å². The Morgan fingerprint density at radius 1 is 1.45 bits per heavy atom. The molecule has 1 aromatic rings. The summed E-state index contributed by atoms with van der Waals surface area (Å²) in [5, 5.41) is 12.2. The van der Waals surface area contributed by atoms with Crippen molar-refractivity contribution in [3.8, 4) is 0 Å². The quantitative estimate of drug-likeness (QED) is 0.723. The summed E-state index contributed by atoms with van der Waals surface area (Å²) in [7, 11) is -3.04. The summed E-state index contributed by atoms with van der Waals surface area (Å²) in [4.78, 5) is 11.7. The van der Waals surface area contributed by atoms with Gasteiger partial charge >= 0.3 is 6.09 Å². The largest absolute Gasteiger partial charge is 0.444 e. The molecule has 0 bridgehead atoms. The third-order valence-corrected chi connectivity index (χ3v) is 3.64. The second kappa shape index (κ2) is 7.10. The standard InChI is InChI=1S/C13H24N4O4S/c1-9(8-22(5,19)20)14-6-10-7-15-17-11(10)16-12(18)21-13(2,3)4/h7,9,14H,6,8H2,1-5H3,(H2,15,16,17,18). The monoisotopic (exact) mass is 332 g/mol. The van der Waals surface area contributed by atoms with Crippen molar-refractivity contribution in [2.45, 2.75) is 45.9 Å². The Morgan fingerprint density at radius 2 is 2.09 bits per heavy atom. The van der Waals surface area contributed by atoms with Gasteiger partial charge in [0.2, 0.25) is 0 Å². The fourth-order valence-electron chi connectivity index (χ4n) is 1.76. The molecule has 9 heteroatoms. The Morgan fingerprint density at radius 3 is 2.64 bits per heavy atom. The number of amides is 1. The van der Waals surface area contributed by atoms with Gasteiger partial charge in [0.1, 0.15) is 21.3 Å². The van der Waals surface area contributed by atoms with Gasteiger partial charge in [0.05, 0.1) is 11.9 Å². The smallest absolute Gasteiger partial charge is 0.413 e. The summed E-state index contributed by atoms with van der Waals surface area (Å²) in [6, 6.07) is -0.209. The Labute approximate surface area is 130 Å². The first kappa shape index (κ1) is 18.4. The van der Waals surface area contributed by atoms with Gasteiger partial charge in [-0.3, -0.25) is 10.4 Å². The second-order valence-corrected chi connectivity index (χ2v) is 8.46. The molecule has 0 saturated heterocycles. The van der Waals surface area contributed by atoms with Crippen LogP contribution in [0.4, 0.5) is 10.6 Å². The van der Waals surface area contributed by atoms with Crippen LogP contribution in [0.25, 0.3) is 0 Å². The van der Waals surface area contributed by atoms with Crippen LogP contribution in [-0.4, -0.2) is 48.4 Å². The van der Waals surface area contributed by atoms with Crippen molar-refractivity contribution in [3.05, 3.63) is 11.8 Å². The van der Waals surface area contributed by atoms with E-state index >= 15 is 0 Å². The molecule has 22 heavy (non-hydrogen) atoms. The van der Waals surface area contributed by atoms with Gasteiger partial charge in [0.25, 0.3) is 0 Å². The lowest BCUT2D eigenvalue weighted by Crippen LogP contribution is -2.32. The maximum absolute atomic E-state index is 11.7. The number of nitrogens with zero attached hydrogens (tertiary/aromatic N) is 1. The first-order chi connectivity index (χ1) is 9.96. The maximum atomic E-state index is 11.7. The first-order valence-corrected chi connectivity index (χ1v) is 8.96. The van der Waals surface area contributed by atoms with Crippen LogP contribution < -0.4 is 10.6 Å². The van der Waals surface area contributed by atoms with Crippen molar-refractivity contribution in [1.29, 1.82) is 0 Å². The zero-order valence-corrected chi connectivity index (χ0v) is 14.4. The van der Waals surface area contributed by atoms with Crippen LogP contribution in [0.5, 0.6) is 0 Å². The van der Waals surface area contributed by atoms with Crippen LogP contribution in [0, 0.1) is 0 Å². The van der Waals surface area contributed by atoms with E-state index in [-0.39, 0.29) is 11.8 Å². The van der Waals surface area contributed by atoms with Crippen LogP contribution in [-0.2, 0) is 21.1 Å². The number of H-pyrrole nitrogens is 1. The summed E-state index contributed by atoms with van der Waals surface area (Å²) in [6.45, 7) is 7.47. The number of aromatic nitrogens is 2. The number of anilines is 1. The minimum Gasteiger partial charge on any atom is -0.444 e. The van der Waals surface area contributed by atoms with Gasteiger partial charge in [-0.25, -0.2) is 13.2 Å². The van der Waals surface area contributed by atoms with Gasteiger partial charge in [0, 0.05) is 24.4 Å². The molecular formula is C13H24N4O4S. The number of carbonyl (C=O) groups is 1. The van der Waals surface area contributed by atoms with Gasteiger partial charge in [-0.05, 0) is 27.7 Å². The highest BCUT2D eigenvalue weighted by Crippen LogP contribution is 2.14. The highest BCUT2D eigenvalue weighted by Gasteiger charge is 2.18. The van der Waals surface area contributed by atoms with E-state index in [2.05, 4.69) is 20.8 Å². The summed E-state index contributed by atoms with van der Waals surface area (Å²) in [5.41, 5.74) is 0.123. The SMILES string of the molecule is CC(CS(C)(=O)=O)NCc1cn[nH]c1NC(=O)OC(C)(C)C. The lowest BCUT2D eigenvalue weighted by molar-refractivity contribution is 0.0635. The van der Waals surface area contributed by atoms with Gasteiger partial charge in [0.15, 0.2) is 0 Å². The second-order valence-electron chi connectivity index (χ2n) is 6.27. The molecule has 8 nitrogen and oxygen atoms in total. The molecule has 0 aliphatic heterocycles. The van der Waals surface area contributed by atoms with Gasteiger partial charge in [-0.15, -0.1) is 0 Å². The average Bonchev–Trinajstić information content (AvgIpc) is 2.68. The molecule has 0 aliphatic rings. The lowest BCUT2D eigenvalue weighted by Gasteiger charge is -2.19. The van der Waals surface area contributed by atoms with Gasteiger partial charge < -0.3 is 10.1 Å². The third-order valence-electron chi connectivity index (χ3n) is 2.54. The number of hydrogen-bond acceptors (Lipinski definition) is 6. The predicted octanol–water partition coefficient (Wildman–Crippen LogP) is 1.28. The number of sulfone groups is 1.